The summed E-state index contributed by atoms with van der Waals surface area (Å²) in [6.07, 6.45) is 2.73. The van der Waals surface area contributed by atoms with Crippen LogP contribution >= 0.6 is 0 Å². The zero-order valence-electron chi connectivity index (χ0n) is 9.16. The first-order valence-electron chi connectivity index (χ1n) is 5.58. The first-order valence-corrected chi connectivity index (χ1v) is 5.58. The average molecular weight is 189 g/mol. The fourth-order valence-corrected chi connectivity index (χ4v) is 2.33. The lowest BCUT2D eigenvalue weighted by Gasteiger charge is -2.33. The maximum absolute atomic E-state index is 2.53. The minimum atomic E-state index is 0.850. The molecule has 1 unspecified atom stereocenters. The molecule has 1 fully saturated rings. The quantitative estimate of drug-likeness (QED) is 0.655. The second-order valence-electron chi connectivity index (χ2n) is 4.48. The van der Waals surface area contributed by atoms with Crippen molar-refractivity contribution in [3.05, 3.63) is 29.8 Å². The third-order valence-corrected chi connectivity index (χ3v) is 3.11. The highest BCUT2D eigenvalue weighted by Gasteiger charge is 2.17. The minimum absolute atomic E-state index is 0.850. The molecule has 1 aliphatic rings. The van der Waals surface area contributed by atoms with Crippen LogP contribution in [0.1, 0.15) is 25.3 Å². The lowest BCUT2D eigenvalue weighted by Crippen LogP contribution is -2.34. The molecular weight excluding hydrogens is 170 g/mol. The van der Waals surface area contributed by atoms with E-state index in [0.29, 0.717) is 0 Å². The van der Waals surface area contributed by atoms with Crippen molar-refractivity contribution < 1.29 is 0 Å². The Balaban J connectivity index is 2.18. The van der Waals surface area contributed by atoms with Gasteiger partial charge in [-0.15, -0.1) is 0 Å². The second kappa shape index (κ2) is 4.04. The van der Waals surface area contributed by atoms with E-state index < -0.39 is 0 Å². The first-order chi connectivity index (χ1) is 6.77. The first kappa shape index (κ1) is 9.57. The molecule has 1 aromatic carbocycles. The summed E-state index contributed by atoms with van der Waals surface area (Å²) in [4.78, 5) is 2.53. The summed E-state index contributed by atoms with van der Waals surface area (Å²) < 4.78 is 0. The molecule has 2 rings (SSSR count). The van der Waals surface area contributed by atoms with E-state index >= 15 is 0 Å². The topological polar surface area (TPSA) is 3.24 Å². The van der Waals surface area contributed by atoms with Crippen LogP contribution in [0.5, 0.6) is 0 Å². The number of rotatable bonds is 1. The highest BCUT2D eigenvalue weighted by molar-refractivity contribution is 5.53. The molecule has 1 heteroatoms. The van der Waals surface area contributed by atoms with Crippen LogP contribution < -0.4 is 4.90 Å². The maximum atomic E-state index is 2.53. The monoisotopic (exact) mass is 189 g/mol. The smallest absolute Gasteiger partial charge is 0.0395 e. The summed E-state index contributed by atoms with van der Waals surface area (Å²) in [5.41, 5.74) is 2.83. The molecular formula is C13H19N. The van der Waals surface area contributed by atoms with Gasteiger partial charge in [0.2, 0.25) is 0 Å². The molecule has 0 radical (unpaired) electrons. The fourth-order valence-electron chi connectivity index (χ4n) is 2.33. The van der Waals surface area contributed by atoms with E-state index in [1.54, 1.807) is 0 Å². The van der Waals surface area contributed by atoms with E-state index in [1.165, 1.54) is 37.2 Å². The van der Waals surface area contributed by atoms with Crippen molar-refractivity contribution in [2.24, 2.45) is 5.92 Å². The molecule has 0 saturated carbocycles. The van der Waals surface area contributed by atoms with Crippen LogP contribution in [0.4, 0.5) is 5.69 Å². The number of piperidine rings is 1. The Hall–Kier alpha value is -0.980. The standard InChI is InChI=1S/C13H19N/c1-11-6-5-9-14(10-11)13-8-4-3-7-12(13)2/h3-4,7-8,11H,5-6,9-10H2,1-2H3. The third-order valence-electron chi connectivity index (χ3n) is 3.11. The maximum Gasteiger partial charge on any atom is 0.0395 e. The Morgan fingerprint density at radius 2 is 2.07 bits per heavy atom. The van der Waals surface area contributed by atoms with Crippen LogP contribution in [0.15, 0.2) is 24.3 Å². The predicted octanol–water partition coefficient (Wildman–Crippen LogP) is 3.23. The molecule has 0 aromatic heterocycles. The van der Waals surface area contributed by atoms with Gasteiger partial charge in [-0.2, -0.15) is 0 Å². The van der Waals surface area contributed by atoms with E-state index in [9.17, 15) is 0 Å². The summed E-state index contributed by atoms with van der Waals surface area (Å²) >= 11 is 0. The molecule has 0 amide bonds. The summed E-state index contributed by atoms with van der Waals surface area (Å²) in [7, 11) is 0. The van der Waals surface area contributed by atoms with E-state index in [-0.39, 0.29) is 0 Å². The number of para-hydroxylation sites is 1. The molecule has 1 aliphatic heterocycles. The Kier molecular flexibility index (Phi) is 2.76. The number of aryl methyl sites for hydroxylation is 1. The van der Waals surface area contributed by atoms with Gasteiger partial charge in [-0.05, 0) is 37.3 Å². The molecule has 76 valence electrons. The van der Waals surface area contributed by atoms with Crippen molar-refractivity contribution in [2.45, 2.75) is 26.7 Å². The van der Waals surface area contributed by atoms with E-state index in [0.717, 1.165) is 5.92 Å². The van der Waals surface area contributed by atoms with Crippen molar-refractivity contribution in [3.63, 3.8) is 0 Å². The number of hydrogen-bond donors (Lipinski definition) is 0. The van der Waals surface area contributed by atoms with Crippen molar-refractivity contribution in [1.29, 1.82) is 0 Å². The zero-order chi connectivity index (χ0) is 9.97. The van der Waals surface area contributed by atoms with Crippen molar-refractivity contribution in [1.82, 2.24) is 0 Å². The lowest BCUT2D eigenvalue weighted by molar-refractivity contribution is 0.446. The molecule has 0 spiro atoms. The Labute approximate surface area is 86.7 Å². The third kappa shape index (κ3) is 1.92. The molecule has 0 aliphatic carbocycles. The largest absolute Gasteiger partial charge is 0.371 e. The molecule has 1 aromatic rings. The summed E-state index contributed by atoms with van der Waals surface area (Å²) in [6.45, 7) is 7.01. The number of benzene rings is 1. The van der Waals surface area contributed by atoms with Gasteiger partial charge < -0.3 is 4.90 Å². The fraction of sp³-hybridized carbons (Fsp3) is 0.538. The number of anilines is 1. The van der Waals surface area contributed by atoms with Gasteiger partial charge in [0.25, 0.3) is 0 Å². The SMILES string of the molecule is Cc1ccccc1N1CCCC(C)C1. The van der Waals surface area contributed by atoms with Gasteiger partial charge in [0, 0.05) is 18.8 Å². The minimum Gasteiger partial charge on any atom is -0.371 e. The predicted molar refractivity (Wildman–Crippen MR) is 61.8 cm³/mol. The molecule has 0 N–H and O–H groups in total. The normalized spacial score (nSPS) is 22.4. The van der Waals surface area contributed by atoms with Crippen LogP contribution in [0.25, 0.3) is 0 Å². The highest BCUT2D eigenvalue weighted by Crippen LogP contribution is 2.25. The second-order valence-corrected chi connectivity index (χ2v) is 4.48. The highest BCUT2D eigenvalue weighted by atomic mass is 15.1. The molecule has 1 atom stereocenters. The Morgan fingerprint density at radius 1 is 1.29 bits per heavy atom. The van der Waals surface area contributed by atoms with Gasteiger partial charge in [-0.1, -0.05) is 25.1 Å². The molecule has 1 heterocycles. The van der Waals surface area contributed by atoms with E-state index in [4.69, 9.17) is 0 Å². The summed E-state index contributed by atoms with van der Waals surface area (Å²) in [5.74, 6) is 0.850. The number of nitrogens with zero attached hydrogens (tertiary/aromatic N) is 1. The van der Waals surface area contributed by atoms with Gasteiger partial charge in [0.1, 0.15) is 0 Å². The average Bonchev–Trinajstić information content (AvgIpc) is 2.18. The molecule has 0 bridgehead atoms. The summed E-state index contributed by atoms with van der Waals surface area (Å²) in [6, 6.07) is 8.70. The Morgan fingerprint density at radius 3 is 2.79 bits per heavy atom. The van der Waals surface area contributed by atoms with Crippen LogP contribution in [0.2, 0.25) is 0 Å². The molecule has 1 saturated heterocycles. The van der Waals surface area contributed by atoms with Crippen molar-refractivity contribution in [3.8, 4) is 0 Å². The van der Waals surface area contributed by atoms with Gasteiger partial charge in [-0.25, -0.2) is 0 Å². The van der Waals surface area contributed by atoms with Crippen molar-refractivity contribution >= 4 is 5.69 Å². The van der Waals surface area contributed by atoms with Crippen LogP contribution in [-0.2, 0) is 0 Å². The van der Waals surface area contributed by atoms with Gasteiger partial charge >= 0.3 is 0 Å². The van der Waals surface area contributed by atoms with Gasteiger partial charge in [-0.3, -0.25) is 0 Å². The van der Waals surface area contributed by atoms with Crippen LogP contribution in [-0.4, -0.2) is 13.1 Å². The van der Waals surface area contributed by atoms with Gasteiger partial charge in [0.15, 0.2) is 0 Å². The lowest BCUT2D eigenvalue weighted by atomic mass is 9.99. The number of hydrogen-bond acceptors (Lipinski definition) is 1. The summed E-state index contributed by atoms with van der Waals surface area (Å²) in [5, 5.41) is 0. The van der Waals surface area contributed by atoms with E-state index in [2.05, 4.69) is 43.0 Å². The van der Waals surface area contributed by atoms with Gasteiger partial charge in [0.05, 0.1) is 0 Å². The Bertz CT molecular complexity index is 306. The van der Waals surface area contributed by atoms with Crippen molar-refractivity contribution in [2.75, 3.05) is 18.0 Å². The van der Waals surface area contributed by atoms with E-state index in [1.807, 2.05) is 0 Å². The van der Waals surface area contributed by atoms with Crippen LogP contribution in [0.3, 0.4) is 0 Å². The molecule has 14 heavy (non-hydrogen) atoms. The zero-order valence-corrected chi connectivity index (χ0v) is 9.16. The van der Waals surface area contributed by atoms with Crippen LogP contribution in [0, 0.1) is 12.8 Å². The molecule has 1 nitrogen and oxygen atoms in total.